The van der Waals surface area contributed by atoms with Crippen molar-refractivity contribution in [1.29, 1.82) is 0 Å². The molecule has 1 aliphatic rings. The normalized spacial score (nSPS) is 14.8. The van der Waals surface area contributed by atoms with Gasteiger partial charge in [0.25, 0.3) is 5.56 Å². The van der Waals surface area contributed by atoms with Crippen LogP contribution in [0.3, 0.4) is 0 Å². The van der Waals surface area contributed by atoms with Crippen LogP contribution in [0.15, 0.2) is 57.9 Å². The zero-order chi connectivity index (χ0) is 26.3. The van der Waals surface area contributed by atoms with Crippen molar-refractivity contribution in [2.45, 2.75) is 32.6 Å². The van der Waals surface area contributed by atoms with E-state index < -0.39 is 11.6 Å². The van der Waals surface area contributed by atoms with E-state index >= 15 is 0 Å². The van der Waals surface area contributed by atoms with Gasteiger partial charge >= 0.3 is 0 Å². The number of halogens is 2. The van der Waals surface area contributed by atoms with E-state index in [4.69, 9.17) is 14.1 Å². The molecule has 1 saturated heterocycles. The molecule has 5 rings (SSSR count). The summed E-state index contributed by atoms with van der Waals surface area (Å²) in [5.41, 5.74) is 3.39. The van der Waals surface area contributed by atoms with Gasteiger partial charge in [-0.25, -0.2) is 13.8 Å². The van der Waals surface area contributed by atoms with Crippen LogP contribution in [0.5, 0.6) is 5.75 Å². The highest BCUT2D eigenvalue weighted by Crippen LogP contribution is 2.38. The highest BCUT2D eigenvalue weighted by molar-refractivity contribution is 5.77. The van der Waals surface area contributed by atoms with Crippen molar-refractivity contribution in [2.24, 2.45) is 0 Å². The van der Waals surface area contributed by atoms with Crippen molar-refractivity contribution >= 4 is 0 Å². The highest BCUT2D eigenvalue weighted by atomic mass is 19.1. The van der Waals surface area contributed by atoms with Gasteiger partial charge in [-0.05, 0) is 88.3 Å². The second kappa shape index (κ2) is 9.94. The summed E-state index contributed by atoms with van der Waals surface area (Å²) in [5, 5.41) is 0. The van der Waals surface area contributed by atoms with Gasteiger partial charge in [0.05, 0.1) is 18.4 Å². The van der Waals surface area contributed by atoms with Crippen molar-refractivity contribution in [2.75, 3.05) is 27.2 Å². The molecule has 4 aromatic rings. The Bertz CT molecular complexity index is 1490. The minimum absolute atomic E-state index is 0.0872. The van der Waals surface area contributed by atoms with E-state index in [0.29, 0.717) is 22.9 Å². The number of rotatable bonds is 5. The number of aryl methyl sites for hydroxylation is 2. The number of benzene rings is 2. The first-order valence-corrected chi connectivity index (χ1v) is 12.3. The lowest BCUT2D eigenvalue weighted by molar-refractivity contribution is 0.238. The summed E-state index contributed by atoms with van der Waals surface area (Å²) in [6.07, 6.45) is 3.43. The Balaban J connectivity index is 1.67. The van der Waals surface area contributed by atoms with E-state index in [2.05, 4.69) is 11.9 Å². The lowest BCUT2D eigenvalue weighted by Gasteiger charge is -2.26. The first kappa shape index (κ1) is 24.9. The van der Waals surface area contributed by atoms with Crippen molar-refractivity contribution < 1.29 is 17.9 Å². The van der Waals surface area contributed by atoms with Gasteiger partial charge in [0.2, 0.25) is 0 Å². The smallest absolute Gasteiger partial charge is 0.255 e. The fraction of sp³-hybridized carbons (Fsp3) is 0.310. The molecule has 2 aromatic heterocycles. The fourth-order valence-electron chi connectivity index (χ4n) is 5.03. The van der Waals surface area contributed by atoms with Crippen molar-refractivity contribution in [3.05, 3.63) is 87.7 Å². The van der Waals surface area contributed by atoms with Crippen molar-refractivity contribution in [3.8, 4) is 34.0 Å². The summed E-state index contributed by atoms with van der Waals surface area (Å²) >= 11 is 0. The summed E-state index contributed by atoms with van der Waals surface area (Å²) in [5.74, 6) is 0.135. The summed E-state index contributed by atoms with van der Waals surface area (Å²) in [7, 11) is 3.67. The van der Waals surface area contributed by atoms with E-state index in [1.165, 1.54) is 18.2 Å². The molecule has 3 heterocycles. The number of piperidine rings is 1. The van der Waals surface area contributed by atoms with E-state index in [1.807, 2.05) is 26.0 Å². The summed E-state index contributed by atoms with van der Waals surface area (Å²) in [4.78, 5) is 20.0. The minimum atomic E-state index is -0.734. The first-order chi connectivity index (χ1) is 17.7. The third-order valence-electron chi connectivity index (χ3n) is 7.01. The van der Waals surface area contributed by atoms with Gasteiger partial charge in [-0.15, -0.1) is 0 Å². The SMILES string of the molecule is COc1cc(C)c(-n2cc(-c3nc(C4CCN(C)CC4)oc3-c3ccc(F)cc3F)ccc2=O)c(C)c1. The molecule has 1 aliphatic heterocycles. The van der Waals surface area contributed by atoms with Gasteiger partial charge in [0, 0.05) is 29.8 Å². The first-order valence-electron chi connectivity index (χ1n) is 12.3. The van der Waals surface area contributed by atoms with Crippen LogP contribution in [0.4, 0.5) is 8.78 Å². The van der Waals surface area contributed by atoms with Crippen LogP contribution in [-0.2, 0) is 0 Å². The number of methoxy groups -OCH3 is 1. The number of ether oxygens (including phenoxy) is 1. The van der Waals surface area contributed by atoms with Crippen molar-refractivity contribution in [1.82, 2.24) is 14.5 Å². The molecule has 0 atom stereocenters. The Labute approximate surface area is 214 Å². The zero-order valence-electron chi connectivity index (χ0n) is 21.3. The molecule has 1 fully saturated rings. The van der Waals surface area contributed by atoms with E-state index in [9.17, 15) is 13.6 Å². The Morgan fingerprint density at radius 2 is 1.73 bits per heavy atom. The molecule has 0 unspecified atom stereocenters. The Kier molecular flexibility index (Phi) is 6.69. The molecular weight excluding hydrogens is 476 g/mol. The van der Waals surface area contributed by atoms with Gasteiger partial charge in [0.1, 0.15) is 23.1 Å². The highest BCUT2D eigenvalue weighted by Gasteiger charge is 2.27. The monoisotopic (exact) mass is 505 g/mol. The van der Waals surface area contributed by atoms with Crippen LogP contribution in [0.1, 0.15) is 35.8 Å². The number of hydrogen-bond acceptors (Lipinski definition) is 5. The van der Waals surface area contributed by atoms with Gasteiger partial charge in [-0.2, -0.15) is 0 Å². The number of hydrogen-bond donors (Lipinski definition) is 0. The second-order valence-electron chi connectivity index (χ2n) is 9.67. The number of oxazole rings is 1. The van der Waals surface area contributed by atoms with Crippen LogP contribution >= 0.6 is 0 Å². The molecule has 192 valence electrons. The van der Waals surface area contributed by atoms with Crippen LogP contribution in [0.25, 0.3) is 28.3 Å². The summed E-state index contributed by atoms with van der Waals surface area (Å²) in [6.45, 7) is 5.64. The predicted octanol–water partition coefficient (Wildman–Crippen LogP) is 5.87. The second-order valence-corrected chi connectivity index (χ2v) is 9.67. The van der Waals surface area contributed by atoms with Crippen LogP contribution < -0.4 is 10.3 Å². The van der Waals surface area contributed by atoms with E-state index in [0.717, 1.165) is 48.8 Å². The zero-order valence-corrected chi connectivity index (χ0v) is 21.3. The van der Waals surface area contributed by atoms with E-state index in [-0.39, 0.29) is 22.8 Å². The standard InChI is InChI=1S/C29H29F2N3O3/c1-17-13-22(36-4)14-18(2)27(17)34-16-20(5-8-25(34)35)26-28(23-7-6-21(30)15-24(23)31)37-29(32-26)19-9-11-33(3)12-10-19/h5-8,13-16,19H,9-12H2,1-4H3. The maximum absolute atomic E-state index is 14.9. The molecule has 2 aromatic carbocycles. The molecule has 8 heteroatoms. The maximum Gasteiger partial charge on any atom is 0.255 e. The predicted molar refractivity (Wildman–Crippen MR) is 138 cm³/mol. The quantitative estimate of drug-likeness (QED) is 0.339. The van der Waals surface area contributed by atoms with Gasteiger partial charge in [0.15, 0.2) is 11.7 Å². The molecular formula is C29H29F2N3O3. The Morgan fingerprint density at radius 3 is 2.38 bits per heavy atom. The molecule has 0 spiro atoms. The third-order valence-corrected chi connectivity index (χ3v) is 7.01. The number of nitrogens with zero attached hydrogens (tertiary/aromatic N) is 3. The van der Waals surface area contributed by atoms with Gasteiger partial charge < -0.3 is 14.1 Å². The molecule has 6 nitrogen and oxygen atoms in total. The number of likely N-dealkylation sites (tertiary alicyclic amines) is 1. The molecule has 0 bridgehead atoms. The van der Waals surface area contributed by atoms with Gasteiger partial charge in [-0.1, -0.05) is 0 Å². The maximum atomic E-state index is 14.9. The average molecular weight is 506 g/mol. The lowest BCUT2D eigenvalue weighted by atomic mass is 9.97. The fourth-order valence-corrected chi connectivity index (χ4v) is 5.03. The largest absolute Gasteiger partial charge is 0.497 e. The Morgan fingerprint density at radius 1 is 1.03 bits per heavy atom. The summed E-state index contributed by atoms with van der Waals surface area (Å²) in [6, 6.07) is 10.3. The lowest BCUT2D eigenvalue weighted by Crippen LogP contribution is -2.29. The molecule has 0 radical (unpaired) electrons. The van der Waals surface area contributed by atoms with Crippen LogP contribution in [0, 0.1) is 25.5 Å². The minimum Gasteiger partial charge on any atom is -0.497 e. The topological polar surface area (TPSA) is 60.5 Å². The number of pyridine rings is 1. The molecule has 0 saturated carbocycles. The molecule has 37 heavy (non-hydrogen) atoms. The van der Waals surface area contributed by atoms with Crippen LogP contribution in [0.2, 0.25) is 0 Å². The molecule has 0 amide bonds. The van der Waals surface area contributed by atoms with E-state index in [1.54, 1.807) is 23.9 Å². The summed E-state index contributed by atoms with van der Waals surface area (Å²) < 4.78 is 41.8. The molecule has 0 N–H and O–H groups in total. The Hall–Kier alpha value is -3.78. The average Bonchev–Trinajstić information content (AvgIpc) is 3.30. The van der Waals surface area contributed by atoms with Gasteiger partial charge in [-0.3, -0.25) is 9.36 Å². The molecule has 0 aliphatic carbocycles. The number of aromatic nitrogens is 2. The van der Waals surface area contributed by atoms with Crippen LogP contribution in [-0.4, -0.2) is 41.7 Å². The van der Waals surface area contributed by atoms with Crippen molar-refractivity contribution in [3.63, 3.8) is 0 Å². The third kappa shape index (κ3) is 4.81.